The molecule has 31 heavy (non-hydrogen) atoms. The Morgan fingerprint density at radius 1 is 0.806 bits per heavy atom. The number of hydrogen-bond acceptors (Lipinski definition) is 4. The van der Waals surface area contributed by atoms with Crippen LogP contribution in [0.4, 0.5) is 0 Å². The van der Waals surface area contributed by atoms with Gasteiger partial charge in [-0.05, 0) is 46.2 Å². The summed E-state index contributed by atoms with van der Waals surface area (Å²) in [6.07, 6.45) is 1.57. The molecule has 4 aromatic rings. The fourth-order valence-corrected chi connectivity index (χ4v) is 3.14. The lowest BCUT2D eigenvalue weighted by Gasteiger charge is -2.09. The van der Waals surface area contributed by atoms with E-state index in [4.69, 9.17) is 9.47 Å². The van der Waals surface area contributed by atoms with Gasteiger partial charge in [0.25, 0.3) is 5.91 Å². The summed E-state index contributed by atoms with van der Waals surface area (Å²) in [5.41, 5.74) is 4.41. The van der Waals surface area contributed by atoms with Gasteiger partial charge in [-0.15, -0.1) is 0 Å². The number of nitrogens with zero attached hydrogens (tertiary/aromatic N) is 1. The molecule has 5 heteroatoms. The number of carbonyl (C=O) groups is 1. The molecule has 0 spiro atoms. The van der Waals surface area contributed by atoms with E-state index in [9.17, 15) is 4.79 Å². The number of para-hydroxylation sites is 1. The number of rotatable bonds is 8. The molecule has 0 fully saturated rings. The lowest BCUT2D eigenvalue weighted by Crippen LogP contribution is -2.24. The molecule has 4 aromatic carbocycles. The fraction of sp³-hybridized carbons (Fsp3) is 0.0769. The van der Waals surface area contributed by atoms with Gasteiger partial charge in [0.05, 0.1) is 6.21 Å². The first kappa shape index (κ1) is 20.2. The quantitative estimate of drug-likeness (QED) is 0.330. The molecule has 5 nitrogen and oxygen atoms in total. The van der Waals surface area contributed by atoms with E-state index < -0.39 is 0 Å². The van der Waals surface area contributed by atoms with Crippen molar-refractivity contribution < 1.29 is 14.3 Å². The van der Waals surface area contributed by atoms with Crippen LogP contribution in [-0.4, -0.2) is 18.7 Å². The van der Waals surface area contributed by atoms with Gasteiger partial charge in [0.2, 0.25) is 0 Å². The zero-order valence-corrected chi connectivity index (χ0v) is 16.9. The van der Waals surface area contributed by atoms with E-state index in [-0.39, 0.29) is 12.5 Å². The second-order valence-electron chi connectivity index (χ2n) is 6.89. The average Bonchev–Trinajstić information content (AvgIpc) is 2.82. The number of carbonyl (C=O) groups excluding carboxylic acids is 1. The SMILES string of the molecule is O=C(COc1ccccc1)N/N=C\c1cccc(OCc2cccc3ccccc23)c1. The highest BCUT2D eigenvalue weighted by molar-refractivity contribution is 5.85. The number of hydrazone groups is 1. The zero-order chi connectivity index (χ0) is 21.3. The summed E-state index contributed by atoms with van der Waals surface area (Å²) in [6.45, 7) is 0.366. The van der Waals surface area contributed by atoms with Gasteiger partial charge in [0.1, 0.15) is 18.1 Å². The number of nitrogens with one attached hydrogen (secondary N) is 1. The first-order chi connectivity index (χ1) is 15.3. The molecule has 0 saturated carbocycles. The van der Waals surface area contributed by atoms with Gasteiger partial charge in [0.15, 0.2) is 6.61 Å². The standard InChI is InChI=1S/C26H22N2O3/c29-26(19-31-23-12-2-1-3-13-23)28-27-17-20-8-6-14-24(16-20)30-18-22-11-7-10-21-9-4-5-15-25(21)22/h1-17H,18-19H2,(H,28,29)/b27-17-. The van der Waals surface area contributed by atoms with Gasteiger partial charge < -0.3 is 9.47 Å². The summed E-state index contributed by atoms with van der Waals surface area (Å²) in [4.78, 5) is 11.9. The van der Waals surface area contributed by atoms with Crippen LogP contribution in [0.5, 0.6) is 11.5 Å². The first-order valence-electron chi connectivity index (χ1n) is 9.97. The molecule has 0 aromatic heterocycles. The summed E-state index contributed by atoms with van der Waals surface area (Å²) >= 11 is 0. The Labute approximate surface area is 180 Å². The largest absolute Gasteiger partial charge is 0.489 e. The Balaban J connectivity index is 1.31. The second-order valence-corrected chi connectivity index (χ2v) is 6.89. The van der Waals surface area contributed by atoms with Gasteiger partial charge in [-0.25, -0.2) is 5.43 Å². The second kappa shape index (κ2) is 10.1. The minimum Gasteiger partial charge on any atom is -0.489 e. The molecule has 1 N–H and O–H groups in total. The highest BCUT2D eigenvalue weighted by Crippen LogP contribution is 2.21. The molecule has 0 radical (unpaired) electrons. The molecule has 0 aliphatic heterocycles. The van der Waals surface area contributed by atoms with Crippen LogP contribution in [0, 0.1) is 0 Å². The van der Waals surface area contributed by atoms with Gasteiger partial charge in [-0.2, -0.15) is 5.10 Å². The van der Waals surface area contributed by atoms with Crippen LogP contribution in [0.25, 0.3) is 10.8 Å². The molecular weight excluding hydrogens is 388 g/mol. The van der Waals surface area contributed by atoms with Gasteiger partial charge >= 0.3 is 0 Å². The van der Waals surface area contributed by atoms with Crippen LogP contribution in [0.2, 0.25) is 0 Å². The predicted molar refractivity (Wildman–Crippen MR) is 122 cm³/mol. The highest BCUT2D eigenvalue weighted by Gasteiger charge is 2.03. The van der Waals surface area contributed by atoms with Crippen LogP contribution < -0.4 is 14.9 Å². The third-order valence-corrected chi connectivity index (χ3v) is 4.65. The van der Waals surface area contributed by atoms with Gasteiger partial charge in [0, 0.05) is 0 Å². The summed E-state index contributed by atoms with van der Waals surface area (Å²) in [5.74, 6) is 1.04. The summed E-state index contributed by atoms with van der Waals surface area (Å²) in [7, 11) is 0. The first-order valence-corrected chi connectivity index (χ1v) is 9.97. The maximum atomic E-state index is 11.9. The van der Waals surface area contributed by atoms with E-state index in [1.807, 2.05) is 60.7 Å². The molecule has 154 valence electrons. The Morgan fingerprint density at radius 3 is 2.45 bits per heavy atom. The van der Waals surface area contributed by atoms with Crippen molar-refractivity contribution in [2.75, 3.05) is 6.61 Å². The summed E-state index contributed by atoms with van der Waals surface area (Å²) in [6, 6.07) is 31.2. The lowest BCUT2D eigenvalue weighted by molar-refractivity contribution is -0.123. The van der Waals surface area contributed by atoms with Crippen molar-refractivity contribution in [3.8, 4) is 11.5 Å². The van der Waals surface area contributed by atoms with Crippen molar-refractivity contribution in [1.82, 2.24) is 5.43 Å². The van der Waals surface area contributed by atoms with Gasteiger partial charge in [-0.3, -0.25) is 4.79 Å². The molecule has 4 rings (SSSR count). The fourth-order valence-electron chi connectivity index (χ4n) is 3.14. The number of fused-ring (bicyclic) bond motifs is 1. The third-order valence-electron chi connectivity index (χ3n) is 4.65. The molecule has 0 unspecified atom stereocenters. The topological polar surface area (TPSA) is 59.9 Å². The number of ether oxygens (including phenoxy) is 2. The number of benzene rings is 4. The maximum Gasteiger partial charge on any atom is 0.277 e. The van der Waals surface area contributed by atoms with Crippen LogP contribution in [0.3, 0.4) is 0 Å². The van der Waals surface area contributed by atoms with E-state index >= 15 is 0 Å². The highest BCUT2D eigenvalue weighted by atomic mass is 16.5. The Morgan fingerprint density at radius 2 is 1.55 bits per heavy atom. The minimum absolute atomic E-state index is 0.102. The van der Waals surface area contributed by atoms with Crippen molar-refractivity contribution in [2.24, 2.45) is 5.10 Å². The normalized spacial score (nSPS) is 10.8. The van der Waals surface area contributed by atoms with E-state index in [0.29, 0.717) is 12.4 Å². The Kier molecular flexibility index (Phi) is 6.55. The van der Waals surface area contributed by atoms with Crippen molar-refractivity contribution in [3.63, 3.8) is 0 Å². The smallest absolute Gasteiger partial charge is 0.277 e. The van der Waals surface area contributed by atoms with E-state index in [1.54, 1.807) is 18.3 Å². The third kappa shape index (κ3) is 5.70. The van der Waals surface area contributed by atoms with Crippen LogP contribution in [0.15, 0.2) is 102 Å². The van der Waals surface area contributed by atoms with Crippen LogP contribution in [0.1, 0.15) is 11.1 Å². The molecule has 1 amide bonds. The lowest BCUT2D eigenvalue weighted by atomic mass is 10.1. The molecular formula is C26H22N2O3. The maximum absolute atomic E-state index is 11.9. The molecule has 0 bridgehead atoms. The van der Waals surface area contributed by atoms with Crippen LogP contribution in [-0.2, 0) is 11.4 Å². The molecule has 0 heterocycles. The summed E-state index contributed by atoms with van der Waals surface area (Å²) < 4.78 is 11.4. The van der Waals surface area contributed by atoms with Gasteiger partial charge in [-0.1, -0.05) is 72.8 Å². The summed E-state index contributed by atoms with van der Waals surface area (Å²) in [5, 5.41) is 6.37. The number of amides is 1. The van der Waals surface area contributed by atoms with Crippen molar-refractivity contribution in [2.45, 2.75) is 6.61 Å². The number of hydrogen-bond donors (Lipinski definition) is 1. The Hall–Kier alpha value is -4.12. The van der Waals surface area contributed by atoms with Crippen molar-refractivity contribution in [1.29, 1.82) is 0 Å². The van der Waals surface area contributed by atoms with Crippen molar-refractivity contribution in [3.05, 3.63) is 108 Å². The average molecular weight is 410 g/mol. The minimum atomic E-state index is -0.330. The monoisotopic (exact) mass is 410 g/mol. The molecule has 0 aliphatic carbocycles. The molecule has 0 saturated heterocycles. The Bertz CT molecular complexity index is 1180. The zero-order valence-electron chi connectivity index (χ0n) is 16.9. The molecule has 0 atom stereocenters. The molecule has 0 aliphatic rings. The van der Waals surface area contributed by atoms with Crippen molar-refractivity contribution >= 4 is 22.9 Å². The predicted octanol–water partition coefficient (Wildman–Crippen LogP) is 4.95. The van der Waals surface area contributed by atoms with E-state index in [2.05, 4.69) is 34.8 Å². The van der Waals surface area contributed by atoms with E-state index in [0.717, 1.165) is 16.9 Å². The van der Waals surface area contributed by atoms with E-state index in [1.165, 1.54) is 10.8 Å². The van der Waals surface area contributed by atoms with Crippen LogP contribution >= 0.6 is 0 Å².